The van der Waals surface area contributed by atoms with Crippen LogP contribution >= 0.6 is 12.2 Å². The molecule has 0 aliphatic carbocycles. The largest absolute Gasteiger partial charge is 0.497 e. The van der Waals surface area contributed by atoms with E-state index in [-0.39, 0.29) is 12.1 Å². The van der Waals surface area contributed by atoms with Crippen LogP contribution in [0.1, 0.15) is 41.1 Å². The lowest BCUT2D eigenvalue weighted by Crippen LogP contribution is -2.37. The SMILES string of the molecule is COc1ccc(OC)c(N2C(=S)N[C@H](c3ccccn3)[C@H]2c2cc(C)n(CCCN3CCOCC3)c2C)c1. The number of hydrogen-bond donors (Lipinski definition) is 1. The molecule has 38 heavy (non-hydrogen) atoms. The van der Waals surface area contributed by atoms with Crippen LogP contribution in [0, 0.1) is 13.8 Å². The van der Waals surface area contributed by atoms with E-state index in [4.69, 9.17) is 31.4 Å². The van der Waals surface area contributed by atoms with E-state index in [0.29, 0.717) is 5.11 Å². The minimum absolute atomic E-state index is 0.113. The van der Waals surface area contributed by atoms with Crippen molar-refractivity contribution in [1.29, 1.82) is 0 Å². The van der Waals surface area contributed by atoms with Gasteiger partial charge in [0.25, 0.3) is 0 Å². The predicted octanol–water partition coefficient (Wildman–Crippen LogP) is 4.42. The van der Waals surface area contributed by atoms with Crippen LogP contribution in [0.3, 0.4) is 0 Å². The lowest BCUT2D eigenvalue weighted by molar-refractivity contribution is 0.0369. The number of thiocarbonyl (C=S) groups is 1. The number of nitrogens with one attached hydrogen (secondary N) is 1. The summed E-state index contributed by atoms with van der Waals surface area (Å²) in [6, 6.07) is 13.9. The van der Waals surface area contributed by atoms with E-state index >= 15 is 0 Å². The molecule has 1 N–H and O–H groups in total. The van der Waals surface area contributed by atoms with Crippen molar-refractivity contribution in [2.24, 2.45) is 0 Å². The first kappa shape index (κ1) is 26.5. The molecule has 9 heteroatoms. The number of benzene rings is 1. The van der Waals surface area contributed by atoms with Crippen molar-refractivity contribution in [3.05, 3.63) is 71.3 Å². The summed E-state index contributed by atoms with van der Waals surface area (Å²) in [7, 11) is 3.36. The Morgan fingerprint density at radius 2 is 1.87 bits per heavy atom. The van der Waals surface area contributed by atoms with Gasteiger partial charge in [-0.2, -0.15) is 0 Å². The van der Waals surface area contributed by atoms with Gasteiger partial charge in [-0.15, -0.1) is 0 Å². The molecule has 2 aromatic heterocycles. The number of aromatic nitrogens is 2. The molecule has 8 nitrogen and oxygen atoms in total. The first-order valence-corrected chi connectivity index (χ1v) is 13.6. The van der Waals surface area contributed by atoms with Gasteiger partial charge in [-0.1, -0.05) is 6.07 Å². The number of methoxy groups -OCH3 is 2. The van der Waals surface area contributed by atoms with Gasteiger partial charge in [-0.25, -0.2) is 0 Å². The van der Waals surface area contributed by atoms with Gasteiger partial charge in [0.15, 0.2) is 5.11 Å². The maximum Gasteiger partial charge on any atom is 0.174 e. The number of morpholine rings is 1. The van der Waals surface area contributed by atoms with E-state index < -0.39 is 0 Å². The Morgan fingerprint density at radius 3 is 2.58 bits per heavy atom. The summed E-state index contributed by atoms with van der Waals surface area (Å²) < 4.78 is 19.3. The van der Waals surface area contributed by atoms with Gasteiger partial charge in [0, 0.05) is 49.8 Å². The van der Waals surface area contributed by atoms with Crippen molar-refractivity contribution in [3.8, 4) is 11.5 Å². The molecular formula is C29H37N5O3S. The zero-order chi connectivity index (χ0) is 26.6. The average molecular weight is 536 g/mol. The monoisotopic (exact) mass is 535 g/mol. The summed E-state index contributed by atoms with van der Waals surface area (Å²) in [5.74, 6) is 1.48. The molecule has 0 saturated carbocycles. The van der Waals surface area contributed by atoms with E-state index in [1.54, 1.807) is 14.2 Å². The number of ether oxygens (including phenoxy) is 3. The maximum atomic E-state index is 5.96. The highest BCUT2D eigenvalue weighted by Crippen LogP contribution is 2.46. The number of anilines is 1. The minimum atomic E-state index is -0.123. The van der Waals surface area contributed by atoms with Crippen LogP contribution in [0.4, 0.5) is 5.69 Å². The third-order valence-corrected chi connectivity index (χ3v) is 7.95. The van der Waals surface area contributed by atoms with Crippen LogP contribution in [-0.4, -0.2) is 66.6 Å². The Hall–Kier alpha value is -3.14. The highest BCUT2D eigenvalue weighted by molar-refractivity contribution is 7.80. The van der Waals surface area contributed by atoms with Crippen LogP contribution < -0.4 is 19.7 Å². The molecule has 2 fully saturated rings. The Bertz CT molecular complexity index is 1260. The number of hydrogen-bond acceptors (Lipinski definition) is 6. The number of rotatable bonds is 9. The third-order valence-electron chi connectivity index (χ3n) is 7.63. The Morgan fingerprint density at radius 1 is 1.05 bits per heavy atom. The van der Waals surface area contributed by atoms with E-state index in [2.05, 4.69) is 45.7 Å². The molecule has 0 radical (unpaired) electrons. The highest BCUT2D eigenvalue weighted by Gasteiger charge is 2.43. The maximum absolute atomic E-state index is 5.96. The van der Waals surface area contributed by atoms with Crippen molar-refractivity contribution < 1.29 is 14.2 Å². The summed E-state index contributed by atoms with van der Waals surface area (Å²) in [6.07, 6.45) is 2.93. The quantitative estimate of drug-likeness (QED) is 0.404. The fourth-order valence-corrected chi connectivity index (χ4v) is 6.00. The molecule has 0 spiro atoms. The Labute approximate surface area is 230 Å². The second-order valence-electron chi connectivity index (χ2n) is 9.82. The molecule has 2 aliphatic heterocycles. The summed E-state index contributed by atoms with van der Waals surface area (Å²) in [4.78, 5) is 9.36. The lowest BCUT2D eigenvalue weighted by atomic mass is 9.96. The number of aryl methyl sites for hydroxylation is 1. The topological polar surface area (TPSA) is 64.0 Å². The lowest BCUT2D eigenvalue weighted by Gasteiger charge is -2.29. The van der Waals surface area contributed by atoms with Gasteiger partial charge < -0.3 is 29.0 Å². The average Bonchev–Trinajstić information content (AvgIpc) is 3.44. The molecule has 0 unspecified atom stereocenters. The fraction of sp³-hybridized carbons (Fsp3) is 0.448. The van der Waals surface area contributed by atoms with Crippen LogP contribution in [0.15, 0.2) is 48.7 Å². The molecule has 0 amide bonds. The van der Waals surface area contributed by atoms with Gasteiger partial charge in [0.1, 0.15) is 11.5 Å². The van der Waals surface area contributed by atoms with E-state index in [1.807, 2.05) is 36.5 Å². The minimum Gasteiger partial charge on any atom is -0.497 e. The summed E-state index contributed by atoms with van der Waals surface area (Å²) in [6.45, 7) is 10.2. The predicted molar refractivity (Wildman–Crippen MR) is 153 cm³/mol. The molecule has 5 rings (SSSR count). The molecule has 2 aliphatic rings. The molecule has 1 aromatic carbocycles. The van der Waals surface area contributed by atoms with Crippen LogP contribution in [0.2, 0.25) is 0 Å². The van der Waals surface area contributed by atoms with Crippen LogP contribution in [-0.2, 0) is 11.3 Å². The van der Waals surface area contributed by atoms with E-state index in [9.17, 15) is 0 Å². The molecule has 0 bridgehead atoms. The van der Waals surface area contributed by atoms with Gasteiger partial charge in [0.05, 0.1) is 50.9 Å². The van der Waals surface area contributed by atoms with Crippen molar-refractivity contribution >= 4 is 23.0 Å². The van der Waals surface area contributed by atoms with Crippen molar-refractivity contribution in [3.63, 3.8) is 0 Å². The first-order chi connectivity index (χ1) is 18.5. The molecule has 202 valence electrons. The fourth-order valence-electron chi connectivity index (χ4n) is 5.66. The van der Waals surface area contributed by atoms with Gasteiger partial charge in [0.2, 0.25) is 0 Å². The number of pyridine rings is 1. The normalized spacial score (nSPS) is 20.0. The van der Waals surface area contributed by atoms with Crippen molar-refractivity contribution in [2.45, 2.75) is 38.9 Å². The summed E-state index contributed by atoms with van der Waals surface area (Å²) in [5, 5.41) is 4.20. The molecular weight excluding hydrogens is 498 g/mol. The molecule has 2 saturated heterocycles. The zero-order valence-electron chi connectivity index (χ0n) is 22.6. The molecule has 3 aromatic rings. The Kier molecular flexibility index (Phi) is 8.16. The van der Waals surface area contributed by atoms with E-state index in [1.165, 1.54) is 17.0 Å². The smallest absolute Gasteiger partial charge is 0.174 e. The van der Waals surface area contributed by atoms with Gasteiger partial charge in [-0.05, 0) is 68.4 Å². The number of nitrogens with zero attached hydrogens (tertiary/aromatic N) is 4. The van der Waals surface area contributed by atoms with Crippen LogP contribution in [0.25, 0.3) is 0 Å². The molecule has 2 atom stereocenters. The second-order valence-corrected chi connectivity index (χ2v) is 10.2. The van der Waals surface area contributed by atoms with Crippen LogP contribution in [0.5, 0.6) is 11.5 Å². The van der Waals surface area contributed by atoms with Crippen molar-refractivity contribution in [1.82, 2.24) is 19.8 Å². The molecule has 4 heterocycles. The first-order valence-electron chi connectivity index (χ1n) is 13.2. The second kappa shape index (κ2) is 11.7. The highest BCUT2D eigenvalue weighted by atomic mass is 32.1. The summed E-state index contributed by atoms with van der Waals surface area (Å²) >= 11 is 5.96. The van der Waals surface area contributed by atoms with E-state index in [0.717, 1.165) is 68.7 Å². The standard InChI is InChI=1S/C29H37N5O3S/c1-20-18-23(21(2)33(20)13-7-12-32-14-16-37-17-15-32)28-27(24-8-5-6-11-30-24)31-29(38)34(28)25-19-22(35-3)9-10-26(25)36-4/h5-6,8-11,18-19,27-28H,7,12-17H2,1-4H3,(H,31,38)/t27-,28-/m1/s1. The van der Waals surface area contributed by atoms with Gasteiger partial charge >= 0.3 is 0 Å². The van der Waals surface area contributed by atoms with Crippen molar-refractivity contribution in [2.75, 3.05) is 52.0 Å². The third kappa shape index (κ3) is 5.23. The zero-order valence-corrected chi connectivity index (χ0v) is 23.5. The Balaban J connectivity index is 1.52. The summed E-state index contributed by atoms with van der Waals surface area (Å²) in [5.41, 5.74) is 5.52. The van der Waals surface area contributed by atoms with Gasteiger partial charge in [-0.3, -0.25) is 9.88 Å².